The van der Waals surface area contributed by atoms with Crippen molar-refractivity contribution < 1.29 is 23.2 Å². The van der Waals surface area contributed by atoms with E-state index in [1.807, 2.05) is 0 Å². The SMILES string of the molecule is CCS(=O)(=O)c1ccc(O)c(NC(=O)C(C)n2nc(C)c([N+](=O)[O-])c2C)c1. The fourth-order valence-electron chi connectivity index (χ4n) is 2.62. The van der Waals surface area contributed by atoms with Crippen LogP contribution in [0.4, 0.5) is 11.4 Å². The summed E-state index contributed by atoms with van der Waals surface area (Å²) in [5.41, 5.74) is 0.147. The largest absolute Gasteiger partial charge is 0.506 e. The molecule has 0 radical (unpaired) electrons. The second-order valence-electron chi connectivity index (χ2n) is 5.97. The van der Waals surface area contributed by atoms with Crippen molar-refractivity contribution in [2.75, 3.05) is 11.1 Å². The molecule has 0 aliphatic rings. The number of carbonyl (C=O) groups excluding carboxylic acids is 1. The first-order valence-electron chi connectivity index (χ1n) is 8.06. The molecule has 146 valence electrons. The minimum Gasteiger partial charge on any atom is -0.506 e. The average molecular weight is 396 g/mol. The second kappa shape index (κ2) is 7.35. The molecule has 1 amide bonds. The zero-order valence-corrected chi connectivity index (χ0v) is 16.1. The minimum absolute atomic E-state index is 0.0347. The van der Waals surface area contributed by atoms with Crippen LogP contribution in [0.5, 0.6) is 5.75 Å². The average Bonchev–Trinajstić information content (AvgIpc) is 2.90. The monoisotopic (exact) mass is 396 g/mol. The normalized spacial score (nSPS) is 12.6. The summed E-state index contributed by atoms with van der Waals surface area (Å²) in [6.07, 6.45) is 0. The van der Waals surface area contributed by atoms with E-state index in [1.54, 1.807) is 0 Å². The smallest absolute Gasteiger partial charge is 0.312 e. The van der Waals surface area contributed by atoms with Gasteiger partial charge >= 0.3 is 5.69 Å². The van der Waals surface area contributed by atoms with Gasteiger partial charge < -0.3 is 10.4 Å². The maximum atomic E-state index is 12.5. The topological polar surface area (TPSA) is 144 Å². The van der Waals surface area contributed by atoms with E-state index in [0.717, 1.165) is 0 Å². The van der Waals surface area contributed by atoms with Gasteiger partial charge in [-0.3, -0.25) is 19.6 Å². The van der Waals surface area contributed by atoms with Gasteiger partial charge in [0.2, 0.25) is 5.91 Å². The third-order valence-electron chi connectivity index (χ3n) is 4.18. The summed E-state index contributed by atoms with van der Waals surface area (Å²) in [4.78, 5) is 23.0. The van der Waals surface area contributed by atoms with Crippen molar-refractivity contribution >= 4 is 27.1 Å². The molecule has 0 fully saturated rings. The number of anilines is 1. The second-order valence-corrected chi connectivity index (χ2v) is 8.25. The number of nitrogens with one attached hydrogen (secondary N) is 1. The van der Waals surface area contributed by atoms with Gasteiger partial charge in [-0.25, -0.2) is 8.42 Å². The van der Waals surface area contributed by atoms with Crippen LogP contribution in [0.1, 0.15) is 31.3 Å². The number of carbonyl (C=O) groups is 1. The van der Waals surface area contributed by atoms with Crippen molar-refractivity contribution in [3.63, 3.8) is 0 Å². The van der Waals surface area contributed by atoms with Gasteiger partial charge in [0.25, 0.3) is 0 Å². The van der Waals surface area contributed by atoms with Crippen LogP contribution in [-0.2, 0) is 14.6 Å². The number of rotatable bonds is 6. The molecule has 1 unspecified atom stereocenters. The number of phenolic OH excluding ortho intramolecular Hbond substituents is 1. The van der Waals surface area contributed by atoms with Gasteiger partial charge in [-0.1, -0.05) is 6.92 Å². The highest BCUT2D eigenvalue weighted by Gasteiger charge is 2.27. The predicted octanol–water partition coefficient (Wildman–Crippen LogP) is 2.11. The van der Waals surface area contributed by atoms with E-state index in [9.17, 15) is 28.4 Å². The lowest BCUT2D eigenvalue weighted by atomic mass is 10.2. The molecule has 0 spiro atoms. The van der Waals surface area contributed by atoms with Crippen LogP contribution in [-0.4, -0.2) is 39.9 Å². The third kappa shape index (κ3) is 3.92. The van der Waals surface area contributed by atoms with Crippen LogP contribution in [0.3, 0.4) is 0 Å². The molecule has 0 aliphatic heterocycles. The number of benzene rings is 1. The van der Waals surface area contributed by atoms with Crippen molar-refractivity contribution in [3.05, 3.63) is 39.7 Å². The molecule has 0 saturated heterocycles. The van der Waals surface area contributed by atoms with Crippen LogP contribution in [0, 0.1) is 24.0 Å². The van der Waals surface area contributed by atoms with Crippen LogP contribution in [0.2, 0.25) is 0 Å². The maximum Gasteiger partial charge on any atom is 0.312 e. The number of phenols is 1. The van der Waals surface area contributed by atoms with E-state index in [1.165, 1.54) is 50.6 Å². The molecule has 1 heterocycles. The van der Waals surface area contributed by atoms with Crippen LogP contribution < -0.4 is 5.32 Å². The van der Waals surface area contributed by atoms with Gasteiger partial charge in [-0.2, -0.15) is 5.10 Å². The fraction of sp³-hybridized carbons (Fsp3) is 0.375. The Bertz CT molecular complexity index is 1010. The Balaban J connectivity index is 2.34. The molecule has 1 atom stereocenters. The van der Waals surface area contributed by atoms with Gasteiger partial charge in [-0.05, 0) is 39.0 Å². The fourth-order valence-corrected chi connectivity index (χ4v) is 3.53. The number of sulfone groups is 1. The predicted molar refractivity (Wildman–Crippen MR) is 97.5 cm³/mol. The van der Waals surface area contributed by atoms with Gasteiger partial charge in [0, 0.05) is 0 Å². The third-order valence-corrected chi connectivity index (χ3v) is 5.91. The van der Waals surface area contributed by atoms with Crippen molar-refractivity contribution in [1.82, 2.24) is 9.78 Å². The first-order chi connectivity index (χ1) is 12.5. The molecule has 0 aliphatic carbocycles. The molecular formula is C16H20N4O6S. The number of aromatic nitrogens is 2. The van der Waals surface area contributed by atoms with E-state index in [0.29, 0.717) is 0 Å². The highest BCUT2D eigenvalue weighted by molar-refractivity contribution is 7.91. The summed E-state index contributed by atoms with van der Waals surface area (Å²) in [7, 11) is -3.52. The Morgan fingerprint density at radius 3 is 2.56 bits per heavy atom. The Kier molecular flexibility index (Phi) is 5.54. The number of nitro groups is 1. The molecule has 2 aromatic rings. The number of hydrogen-bond donors (Lipinski definition) is 2. The molecule has 0 bridgehead atoms. The first-order valence-corrected chi connectivity index (χ1v) is 9.71. The summed E-state index contributed by atoms with van der Waals surface area (Å²) < 4.78 is 25.2. The summed E-state index contributed by atoms with van der Waals surface area (Å²) in [5, 5.41) is 27.5. The van der Waals surface area contributed by atoms with E-state index in [2.05, 4.69) is 10.4 Å². The Hall–Kier alpha value is -2.95. The summed E-state index contributed by atoms with van der Waals surface area (Å²) in [6.45, 7) is 5.92. The van der Waals surface area contributed by atoms with Crippen LogP contribution >= 0.6 is 0 Å². The highest BCUT2D eigenvalue weighted by Crippen LogP contribution is 2.29. The number of amides is 1. The molecule has 2 N–H and O–H groups in total. The number of aryl methyl sites for hydroxylation is 1. The summed E-state index contributed by atoms with van der Waals surface area (Å²) >= 11 is 0. The number of aromatic hydroxyl groups is 1. The lowest BCUT2D eigenvalue weighted by Gasteiger charge is -2.15. The molecule has 27 heavy (non-hydrogen) atoms. The standard InChI is InChI=1S/C16H20N4O6S/c1-5-27(25,26)12-6-7-14(21)13(8-12)17-16(22)11(4)19-10(3)15(20(23)24)9(2)18-19/h6-8,11,21H,5H2,1-4H3,(H,17,22). The first kappa shape index (κ1) is 20.4. The van der Waals surface area contributed by atoms with Crippen molar-refractivity contribution in [2.45, 2.75) is 38.6 Å². The van der Waals surface area contributed by atoms with Crippen LogP contribution in [0.15, 0.2) is 23.1 Å². The number of hydrogen-bond acceptors (Lipinski definition) is 7. The van der Waals surface area contributed by atoms with Gasteiger partial charge in [-0.15, -0.1) is 0 Å². The Morgan fingerprint density at radius 1 is 1.41 bits per heavy atom. The summed E-state index contributed by atoms with van der Waals surface area (Å²) in [6, 6.07) is 2.67. The lowest BCUT2D eigenvalue weighted by molar-refractivity contribution is -0.386. The van der Waals surface area contributed by atoms with E-state index >= 15 is 0 Å². The molecule has 1 aromatic heterocycles. The molecular weight excluding hydrogens is 376 g/mol. The van der Waals surface area contributed by atoms with E-state index in [4.69, 9.17) is 0 Å². The molecule has 11 heteroatoms. The zero-order valence-electron chi connectivity index (χ0n) is 15.3. The highest BCUT2D eigenvalue weighted by atomic mass is 32.2. The van der Waals surface area contributed by atoms with Crippen LogP contribution in [0.25, 0.3) is 0 Å². The lowest BCUT2D eigenvalue weighted by Crippen LogP contribution is -2.25. The van der Waals surface area contributed by atoms with Crippen molar-refractivity contribution in [1.29, 1.82) is 0 Å². The summed E-state index contributed by atoms with van der Waals surface area (Å²) in [5.74, 6) is -1.04. The molecule has 1 aromatic carbocycles. The molecule has 10 nitrogen and oxygen atoms in total. The van der Waals surface area contributed by atoms with E-state index < -0.39 is 26.7 Å². The number of nitrogens with zero attached hydrogens (tertiary/aromatic N) is 3. The molecule has 0 saturated carbocycles. The minimum atomic E-state index is -3.52. The zero-order chi connectivity index (χ0) is 20.5. The van der Waals surface area contributed by atoms with Crippen molar-refractivity contribution in [2.24, 2.45) is 0 Å². The van der Waals surface area contributed by atoms with Gasteiger partial charge in [0.05, 0.1) is 21.3 Å². The van der Waals surface area contributed by atoms with Gasteiger partial charge in [0.15, 0.2) is 9.84 Å². The molecule has 2 rings (SSSR count). The Labute approximate surface area is 155 Å². The Morgan fingerprint density at radius 2 is 2.04 bits per heavy atom. The quantitative estimate of drug-likeness (QED) is 0.432. The van der Waals surface area contributed by atoms with Gasteiger partial charge in [0.1, 0.15) is 23.2 Å². The van der Waals surface area contributed by atoms with Crippen molar-refractivity contribution in [3.8, 4) is 5.75 Å². The van der Waals surface area contributed by atoms with E-state index in [-0.39, 0.29) is 39.2 Å². The maximum absolute atomic E-state index is 12.5.